The van der Waals surface area contributed by atoms with Crippen LogP contribution in [0.25, 0.3) is 0 Å². The normalized spacial score (nSPS) is 14.9. The van der Waals surface area contributed by atoms with E-state index in [1.54, 1.807) is 55.5 Å². The molecule has 1 aliphatic rings. The number of hydrogen-bond acceptors (Lipinski definition) is 6. The van der Waals surface area contributed by atoms with Crippen molar-refractivity contribution in [1.29, 1.82) is 0 Å². The number of anilines is 1. The van der Waals surface area contributed by atoms with Crippen LogP contribution in [0.15, 0.2) is 58.8 Å². The Bertz CT molecular complexity index is 1360. The van der Waals surface area contributed by atoms with E-state index in [4.69, 9.17) is 11.6 Å². The fourth-order valence-electron chi connectivity index (χ4n) is 4.07. The standard InChI is InChI=1S/C25H26ClN3O5S2/c1-16-21(25(31)32)3-2-4-22(16)28-19-11-13-29(14-12-19)36(33,34)23-10-9-20(35-23)15-27-24(30)17-5-7-18(26)8-6-17/h2-10,19,28H,11-15H2,1H3,(H,27,30)(H,31,32). The number of nitrogens with zero attached hydrogens (tertiary/aromatic N) is 1. The van der Waals surface area contributed by atoms with Crippen molar-refractivity contribution in [2.75, 3.05) is 18.4 Å². The van der Waals surface area contributed by atoms with Crippen molar-refractivity contribution < 1.29 is 23.1 Å². The number of rotatable bonds is 8. The van der Waals surface area contributed by atoms with E-state index >= 15 is 0 Å². The lowest BCUT2D eigenvalue weighted by Gasteiger charge is -2.32. The largest absolute Gasteiger partial charge is 0.478 e. The molecule has 1 saturated heterocycles. The average molecular weight is 548 g/mol. The van der Waals surface area contributed by atoms with Crippen LogP contribution in [0.3, 0.4) is 0 Å². The number of amides is 1. The van der Waals surface area contributed by atoms with Crippen molar-refractivity contribution in [3.8, 4) is 0 Å². The van der Waals surface area contributed by atoms with Gasteiger partial charge in [-0.05, 0) is 73.9 Å². The van der Waals surface area contributed by atoms with E-state index < -0.39 is 16.0 Å². The van der Waals surface area contributed by atoms with Crippen LogP contribution in [0, 0.1) is 6.92 Å². The second kappa shape index (κ2) is 11.0. The van der Waals surface area contributed by atoms with Crippen LogP contribution in [0.2, 0.25) is 5.02 Å². The topological polar surface area (TPSA) is 116 Å². The molecule has 1 aliphatic heterocycles. The van der Waals surface area contributed by atoms with E-state index in [0.717, 1.165) is 21.9 Å². The third kappa shape index (κ3) is 5.89. The van der Waals surface area contributed by atoms with E-state index in [9.17, 15) is 23.1 Å². The zero-order valence-electron chi connectivity index (χ0n) is 19.5. The Morgan fingerprint density at radius 2 is 1.78 bits per heavy atom. The van der Waals surface area contributed by atoms with Gasteiger partial charge >= 0.3 is 5.97 Å². The predicted octanol–water partition coefficient (Wildman–Crippen LogP) is 4.60. The molecule has 2 heterocycles. The second-order valence-corrected chi connectivity index (χ2v) is 12.3. The number of carboxylic acid groups (broad SMARTS) is 1. The molecule has 1 fully saturated rings. The Morgan fingerprint density at radius 1 is 1.08 bits per heavy atom. The van der Waals surface area contributed by atoms with Gasteiger partial charge in [-0.2, -0.15) is 4.31 Å². The van der Waals surface area contributed by atoms with Crippen molar-refractivity contribution in [2.45, 2.75) is 36.6 Å². The van der Waals surface area contributed by atoms with E-state index in [2.05, 4.69) is 10.6 Å². The number of sulfonamides is 1. The maximum atomic E-state index is 13.2. The highest BCUT2D eigenvalue weighted by molar-refractivity contribution is 7.91. The highest BCUT2D eigenvalue weighted by atomic mass is 35.5. The summed E-state index contributed by atoms with van der Waals surface area (Å²) < 4.78 is 28.1. The molecule has 1 amide bonds. The molecule has 0 saturated carbocycles. The molecule has 3 N–H and O–H groups in total. The number of halogens is 1. The lowest BCUT2D eigenvalue weighted by Crippen LogP contribution is -2.42. The molecule has 3 aromatic rings. The van der Waals surface area contributed by atoms with Crippen LogP contribution in [-0.2, 0) is 16.6 Å². The van der Waals surface area contributed by atoms with E-state index in [0.29, 0.717) is 42.1 Å². The lowest BCUT2D eigenvalue weighted by atomic mass is 10.0. The van der Waals surface area contributed by atoms with Crippen LogP contribution in [0.1, 0.15) is 44.0 Å². The van der Waals surface area contributed by atoms with Crippen LogP contribution in [0.5, 0.6) is 0 Å². The first-order valence-corrected chi connectivity index (χ1v) is 14.0. The van der Waals surface area contributed by atoms with Crippen LogP contribution in [0.4, 0.5) is 5.69 Å². The number of piperidine rings is 1. The Hall–Kier alpha value is -2.92. The highest BCUT2D eigenvalue weighted by Crippen LogP contribution is 2.29. The van der Waals surface area contributed by atoms with Gasteiger partial charge in [0.25, 0.3) is 15.9 Å². The minimum atomic E-state index is -3.64. The first-order valence-electron chi connectivity index (χ1n) is 11.4. The Morgan fingerprint density at radius 3 is 2.44 bits per heavy atom. The van der Waals surface area contributed by atoms with Gasteiger partial charge in [0, 0.05) is 40.3 Å². The molecule has 11 heteroatoms. The summed E-state index contributed by atoms with van der Waals surface area (Å²) in [6.07, 6.45) is 1.21. The zero-order valence-corrected chi connectivity index (χ0v) is 21.9. The Kier molecular flexibility index (Phi) is 7.99. The molecule has 8 nitrogen and oxygen atoms in total. The van der Waals surface area contributed by atoms with Crippen LogP contribution in [-0.4, -0.2) is 48.8 Å². The van der Waals surface area contributed by atoms with E-state index in [-0.39, 0.29) is 28.3 Å². The SMILES string of the molecule is Cc1c(NC2CCN(S(=O)(=O)c3ccc(CNC(=O)c4ccc(Cl)cc4)s3)CC2)cccc1C(=O)O. The summed E-state index contributed by atoms with van der Waals surface area (Å²) >= 11 is 7.00. The van der Waals surface area contributed by atoms with Crippen LogP contribution >= 0.6 is 22.9 Å². The smallest absolute Gasteiger partial charge is 0.336 e. The highest BCUT2D eigenvalue weighted by Gasteiger charge is 2.30. The molecular formula is C25H26ClN3O5S2. The van der Waals surface area contributed by atoms with Gasteiger partial charge in [-0.1, -0.05) is 17.7 Å². The lowest BCUT2D eigenvalue weighted by molar-refractivity contribution is 0.0695. The molecule has 0 aliphatic carbocycles. The van der Waals surface area contributed by atoms with Gasteiger partial charge in [-0.25, -0.2) is 13.2 Å². The van der Waals surface area contributed by atoms with Gasteiger partial charge in [0.15, 0.2) is 0 Å². The Balaban J connectivity index is 1.33. The quantitative estimate of drug-likeness (QED) is 0.379. The molecule has 2 aromatic carbocycles. The molecule has 4 rings (SSSR count). The van der Waals surface area contributed by atoms with Crippen LogP contribution < -0.4 is 10.6 Å². The number of hydrogen-bond donors (Lipinski definition) is 3. The molecule has 1 aromatic heterocycles. The molecular weight excluding hydrogens is 522 g/mol. The van der Waals surface area contributed by atoms with Gasteiger partial charge < -0.3 is 15.7 Å². The van der Waals surface area contributed by atoms with Crippen molar-refractivity contribution >= 4 is 50.5 Å². The fourth-order valence-corrected chi connectivity index (χ4v) is 7.12. The number of nitrogens with one attached hydrogen (secondary N) is 2. The zero-order chi connectivity index (χ0) is 25.9. The van der Waals surface area contributed by atoms with Gasteiger partial charge in [0.2, 0.25) is 0 Å². The number of aromatic carboxylic acids is 1. The molecule has 36 heavy (non-hydrogen) atoms. The first kappa shape index (κ1) is 26.2. The summed E-state index contributed by atoms with van der Waals surface area (Å²) in [5.74, 6) is -1.24. The summed E-state index contributed by atoms with van der Waals surface area (Å²) in [6, 6.07) is 15.0. The summed E-state index contributed by atoms with van der Waals surface area (Å²) in [5, 5.41) is 16.0. The van der Waals surface area contributed by atoms with Gasteiger partial charge in [0.05, 0.1) is 12.1 Å². The van der Waals surface area contributed by atoms with Gasteiger partial charge in [-0.3, -0.25) is 4.79 Å². The number of carbonyl (C=O) groups is 2. The van der Waals surface area contributed by atoms with E-state index in [1.807, 2.05) is 6.07 Å². The van der Waals surface area contributed by atoms with Gasteiger partial charge in [-0.15, -0.1) is 11.3 Å². The number of carboxylic acids is 1. The molecule has 190 valence electrons. The van der Waals surface area contributed by atoms with Crippen molar-refractivity contribution in [2.24, 2.45) is 0 Å². The first-order chi connectivity index (χ1) is 17.1. The molecule has 0 bridgehead atoms. The van der Waals surface area contributed by atoms with E-state index in [1.165, 1.54) is 4.31 Å². The molecule has 0 radical (unpaired) electrons. The summed E-state index contributed by atoms with van der Waals surface area (Å²) in [6.45, 7) is 2.70. The number of benzene rings is 2. The van der Waals surface area contributed by atoms with Crippen molar-refractivity contribution in [3.63, 3.8) is 0 Å². The second-order valence-electron chi connectivity index (χ2n) is 8.52. The summed E-state index contributed by atoms with van der Waals surface area (Å²) in [4.78, 5) is 24.4. The van der Waals surface area contributed by atoms with Crippen molar-refractivity contribution in [1.82, 2.24) is 9.62 Å². The third-order valence-electron chi connectivity index (χ3n) is 6.14. The maximum Gasteiger partial charge on any atom is 0.336 e. The molecule has 0 unspecified atom stereocenters. The average Bonchev–Trinajstić information content (AvgIpc) is 3.34. The minimum Gasteiger partial charge on any atom is -0.478 e. The number of thiophene rings is 1. The van der Waals surface area contributed by atoms with Crippen molar-refractivity contribution in [3.05, 3.63) is 81.2 Å². The summed E-state index contributed by atoms with van der Waals surface area (Å²) in [7, 11) is -3.64. The Labute approximate surface area is 219 Å². The fraction of sp³-hybridized carbons (Fsp3) is 0.280. The van der Waals surface area contributed by atoms with Gasteiger partial charge in [0.1, 0.15) is 4.21 Å². The molecule has 0 spiro atoms. The predicted molar refractivity (Wildman–Crippen MR) is 140 cm³/mol. The minimum absolute atomic E-state index is 0.0428. The third-order valence-corrected chi connectivity index (χ3v) is 9.84. The summed E-state index contributed by atoms with van der Waals surface area (Å²) in [5.41, 5.74) is 2.14. The molecule has 0 atom stereocenters. The maximum absolute atomic E-state index is 13.2. The number of carbonyl (C=O) groups excluding carboxylic acids is 1. The monoisotopic (exact) mass is 547 g/mol.